The Morgan fingerprint density at radius 2 is 1.97 bits per heavy atom. The first kappa shape index (κ1) is 19.3. The summed E-state index contributed by atoms with van der Waals surface area (Å²) in [6.07, 6.45) is 3.56. The molecule has 0 spiro atoms. The zero-order valence-corrected chi connectivity index (χ0v) is 18.0. The van der Waals surface area contributed by atoms with E-state index in [1.807, 2.05) is 24.3 Å². The molecule has 0 unspecified atom stereocenters. The van der Waals surface area contributed by atoms with Crippen LogP contribution in [0.4, 0.5) is 0 Å². The summed E-state index contributed by atoms with van der Waals surface area (Å²) in [5, 5.41) is 14.2. The number of halogens is 1. The molecule has 1 aliphatic heterocycles. The average molecular weight is 469 g/mol. The van der Waals surface area contributed by atoms with E-state index in [1.54, 1.807) is 17.9 Å². The van der Waals surface area contributed by atoms with Gasteiger partial charge in [0.15, 0.2) is 5.69 Å². The fraction of sp³-hybridized carbons (Fsp3) is 0.318. The lowest BCUT2D eigenvalue weighted by Crippen LogP contribution is -2.27. The van der Waals surface area contributed by atoms with Gasteiger partial charge in [-0.15, -0.1) is 0 Å². The van der Waals surface area contributed by atoms with Crippen LogP contribution in [0.3, 0.4) is 0 Å². The van der Waals surface area contributed by atoms with Crippen LogP contribution in [0.1, 0.15) is 34.9 Å². The molecule has 4 heterocycles. The van der Waals surface area contributed by atoms with Crippen LogP contribution in [0.2, 0.25) is 0 Å². The Morgan fingerprint density at radius 1 is 1.23 bits per heavy atom. The van der Waals surface area contributed by atoms with E-state index in [-0.39, 0.29) is 11.7 Å². The maximum Gasteiger partial charge on any atom is 0.358 e. The number of ether oxygens (including phenoxy) is 1. The van der Waals surface area contributed by atoms with Crippen LogP contribution in [-0.4, -0.2) is 43.6 Å². The number of carboxylic acid groups (broad SMARTS) is 1. The molecular weight excluding hydrogens is 448 g/mol. The summed E-state index contributed by atoms with van der Waals surface area (Å²) in [4.78, 5) is 16.8. The molecule has 0 amide bonds. The second-order valence-corrected chi connectivity index (χ2v) is 8.59. The van der Waals surface area contributed by atoms with Crippen molar-refractivity contribution in [1.82, 2.24) is 19.3 Å². The van der Waals surface area contributed by atoms with Crippen LogP contribution in [-0.2, 0) is 11.8 Å². The molecule has 8 heteroatoms. The summed E-state index contributed by atoms with van der Waals surface area (Å²) >= 11 is 3.54. The first-order chi connectivity index (χ1) is 14.6. The molecule has 1 saturated heterocycles. The van der Waals surface area contributed by atoms with E-state index in [1.165, 1.54) is 0 Å². The zero-order chi connectivity index (χ0) is 20.8. The number of aryl methyl sites for hydroxylation is 1. The van der Waals surface area contributed by atoms with Crippen LogP contribution in [0.25, 0.3) is 22.1 Å². The van der Waals surface area contributed by atoms with Crippen molar-refractivity contribution >= 4 is 44.0 Å². The van der Waals surface area contributed by atoms with E-state index in [9.17, 15) is 9.90 Å². The number of pyridine rings is 1. The summed E-state index contributed by atoms with van der Waals surface area (Å²) in [7, 11) is 1.77. The van der Waals surface area contributed by atoms with Gasteiger partial charge < -0.3 is 14.4 Å². The van der Waals surface area contributed by atoms with Gasteiger partial charge in [-0.05, 0) is 46.3 Å². The SMILES string of the molecule is Cn1nc(C(=O)O)c2c1c1ncc(Br)cc1n2[C@H](c1ccccc1)C1CCOCC1. The normalized spacial score (nSPS) is 16.3. The average Bonchev–Trinajstić information content (AvgIpc) is 3.26. The molecule has 1 N–H and O–H groups in total. The highest BCUT2D eigenvalue weighted by Crippen LogP contribution is 2.41. The Labute approximate surface area is 181 Å². The van der Waals surface area contributed by atoms with E-state index >= 15 is 0 Å². The van der Waals surface area contributed by atoms with Crippen molar-refractivity contribution in [1.29, 1.82) is 0 Å². The molecule has 1 fully saturated rings. The minimum atomic E-state index is -1.04. The maximum absolute atomic E-state index is 12.1. The van der Waals surface area contributed by atoms with Crippen LogP contribution >= 0.6 is 15.9 Å². The predicted octanol–water partition coefficient (Wildman–Crippen LogP) is 4.40. The third-order valence-electron chi connectivity index (χ3n) is 5.92. The summed E-state index contributed by atoms with van der Waals surface area (Å²) in [5.74, 6) is -0.733. The first-order valence-electron chi connectivity index (χ1n) is 9.94. The van der Waals surface area contributed by atoms with Crippen molar-refractivity contribution in [3.63, 3.8) is 0 Å². The molecule has 0 saturated carbocycles. The molecule has 4 aromatic rings. The zero-order valence-electron chi connectivity index (χ0n) is 16.5. The van der Waals surface area contributed by atoms with E-state index in [4.69, 9.17) is 4.74 Å². The van der Waals surface area contributed by atoms with Gasteiger partial charge in [0.1, 0.15) is 16.6 Å². The largest absolute Gasteiger partial charge is 0.476 e. The maximum atomic E-state index is 12.1. The second-order valence-electron chi connectivity index (χ2n) is 7.67. The Balaban J connectivity index is 1.89. The molecule has 5 rings (SSSR count). The quantitative estimate of drug-likeness (QED) is 0.479. The molecule has 7 nitrogen and oxygen atoms in total. The fourth-order valence-corrected chi connectivity index (χ4v) is 4.99. The van der Waals surface area contributed by atoms with Crippen LogP contribution in [0.5, 0.6) is 0 Å². The van der Waals surface area contributed by atoms with E-state index in [2.05, 4.69) is 42.7 Å². The fourth-order valence-electron chi connectivity index (χ4n) is 4.67. The van der Waals surface area contributed by atoms with E-state index in [0.717, 1.165) is 39.4 Å². The summed E-state index contributed by atoms with van der Waals surface area (Å²) in [5.41, 5.74) is 4.20. The Bertz CT molecular complexity index is 1240. The van der Waals surface area contributed by atoms with Crippen molar-refractivity contribution < 1.29 is 14.6 Å². The van der Waals surface area contributed by atoms with Crippen molar-refractivity contribution in [3.8, 4) is 0 Å². The molecule has 0 bridgehead atoms. The van der Waals surface area contributed by atoms with Crippen molar-refractivity contribution in [2.75, 3.05) is 13.2 Å². The molecule has 0 aliphatic carbocycles. The third kappa shape index (κ3) is 3.02. The van der Waals surface area contributed by atoms with Gasteiger partial charge in [-0.25, -0.2) is 4.79 Å². The smallest absolute Gasteiger partial charge is 0.358 e. The summed E-state index contributed by atoms with van der Waals surface area (Å²) in [6, 6.07) is 12.2. The van der Waals surface area contributed by atoms with Crippen LogP contribution in [0.15, 0.2) is 47.1 Å². The van der Waals surface area contributed by atoms with Crippen molar-refractivity contribution in [3.05, 3.63) is 58.3 Å². The number of hydrogen-bond donors (Lipinski definition) is 1. The molecule has 1 atom stereocenters. The van der Waals surface area contributed by atoms with E-state index in [0.29, 0.717) is 24.6 Å². The topological polar surface area (TPSA) is 82.2 Å². The number of fused-ring (bicyclic) bond motifs is 3. The van der Waals surface area contributed by atoms with Gasteiger partial charge in [-0.3, -0.25) is 9.67 Å². The lowest BCUT2D eigenvalue weighted by atomic mass is 9.86. The molecule has 0 radical (unpaired) electrons. The van der Waals surface area contributed by atoms with E-state index < -0.39 is 5.97 Å². The summed E-state index contributed by atoms with van der Waals surface area (Å²) < 4.78 is 10.2. The number of carbonyl (C=O) groups is 1. The Morgan fingerprint density at radius 3 is 2.67 bits per heavy atom. The molecule has 1 aromatic carbocycles. The molecule has 3 aromatic heterocycles. The number of carboxylic acids is 1. The number of rotatable bonds is 4. The standard InChI is InChI=1S/C22H21BrN4O3/c1-26-20-17-16(11-15(23)12-24-17)27(21(20)18(25-26)22(28)29)19(13-5-3-2-4-6-13)14-7-9-30-10-8-14/h2-6,11-12,14,19H,7-10H2,1H3,(H,28,29)/t19-/m1/s1. The molecule has 1 aliphatic rings. The lowest BCUT2D eigenvalue weighted by molar-refractivity contribution is 0.0551. The van der Waals surface area contributed by atoms with Crippen molar-refractivity contribution in [2.45, 2.75) is 18.9 Å². The van der Waals surface area contributed by atoms with Gasteiger partial charge >= 0.3 is 5.97 Å². The number of aromatic nitrogens is 4. The second kappa shape index (κ2) is 7.52. The van der Waals surface area contributed by atoms with Crippen molar-refractivity contribution in [2.24, 2.45) is 13.0 Å². The monoisotopic (exact) mass is 468 g/mol. The first-order valence-corrected chi connectivity index (χ1v) is 10.7. The highest BCUT2D eigenvalue weighted by molar-refractivity contribution is 9.10. The van der Waals surface area contributed by atoms with Crippen LogP contribution in [0, 0.1) is 5.92 Å². The van der Waals surface area contributed by atoms with Gasteiger partial charge in [-0.1, -0.05) is 30.3 Å². The molecule has 154 valence electrons. The summed E-state index contributed by atoms with van der Waals surface area (Å²) in [6.45, 7) is 1.41. The van der Waals surface area contributed by atoms with Crippen LogP contribution < -0.4 is 0 Å². The Hall–Kier alpha value is -2.71. The molecular formula is C22H21BrN4O3. The Kier molecular flexibility index (Phi) is 4.83. The number of hydrogen-bond acceptors (Lipinski definition) is 4. The highest BCUT2D eigenvalue weighted by Gasteiger charge is 2.33. The minimum Gasteiger partial charge on any atom is -0.476 e. The van der Waals surface area contributed by atoms with Gasteiger partial charge in [0, 0.05) is 30.9 Å². The van der Waals surface area contributed by atoms with Gasteiger partial charge in [0.25, 0.3) is 0 Å². The number of aromatic carboxylic acids is 1. The lowest BCUT2D eigenvalue weighted by Gasteiger charge is -2.33. The molecule has 30 heavy (non-hydrogen) atoms. The third-order valence-corrected chi connectivity index (χ3v) is 6.35. The minimum absolute atomic E-state index is 0.0477. The number of benzene rings is 1. The highest BCUT2D eigenvalue weighted by atomic mass is 79.9. The van der Waals surface area contributed by atoms with Gasteiger partial charge in [0.2, 0.25) is 0 Å². The van der Waals surface area contributed by atoms with Gasteiger partial charge in [-0.2, -0.15) is 5.10 Å². The predicted molar refractivity (Wildman–Crippen MR) is 117 cm³/mol. The number of nitrogens with zero attached hydrogens (tertiary/aromatic N) is 4. The van der Waals surface area contributed by atoms with Gasteiger partial charge in [0.05, 0.1) is 11.6 Å².